The van der Waals surface area contributed by atoms with E-state index in [1.165, 1.54) is 0 Å². The van der Waals surface area contributed by atoms with Crippen molar-refractivity contribution in [2.75, 3.05) is 6.61 Å². The average Bonchev–Trinajstić information content (AvgIpc) is 2.25. The molecule has 0 saturated carbocycles. The van der Waals surface area contributed by atoms with Gasteiger partial charge in [-0.25, -0.2) is 4.79 Å². The largest absolute Gasteiger partial charge is 0.493 e. The number of rotatable bonds is 4. The quantitative estimate of drug-likeness (QED) is 0.554. The highest BCUT2D eigenvalue weighted by atomic mass is 16.5. The first kappa shape index (κ1) is 11.3. The van der Waals surface area contributed by atoms with Crippen molar-refractivity contribution in [2.24, 2.45) is 5.92 Å². The van der Waals surface area contributed by atoms with Crippen LogP contribution in [0, 0.1) is 5.92 Å². The Hall–Kier alpha value is -1.75. The van der Waals surface area contributed by atoms with Crippen LogP contribution in [0.2, 0.25) is 0 Å². The first-order valence-electron chi connectivity index (χ1n) is 4.91. The summed E-state index contributed by atoms with van der Waals surface area (Å²) in [5.41, 5.74) is 3.28. The summed E-state index contributed by atoms with van der Waals surface area (Å²) in [5.74, 6) is 2.94. The van der Waals surface area contributed by atoms with Crippen molar-refractivity contribution in [3.8, 4) is 5.75 Å². The monoisotopic (exact) mass is 202 g/mol. The first-order valence-corrected chi connectivity index (χ1v) is 4.91. The predicted molar refractivity (Wildman–Crippen MR) is 60.4 cm³/mol. The van der Waals surface area contributed by atoms with Crippen LogP contribution in [0.3, 0.4) is 0 Å². The fourth-order valence-electron chi connectivity index (χ4n) is 1.04. The Morgan fingerprint density at radius 2 is 2.00 bits per heavy atom. The second kappa shape index (κ2) is 5.87. The molecule has 15 heavy (non-hydrogen) atoms. The Morgan fingerprint density at radius 3 is 2.53 bits per heavy atom. The topological polar surface area (TPSA) is 26.3 Å². The molecule has 1 aromatic carbocycles. The van der Waals surface area contributed by atoms with E-state index in [1.807, 2.05) is 24.3 Å². The van der Waals surface area contributed by atoms with Crippen molar-refractivity contribution in [3.05, 3.63) is 35.6 Å². The van der Waals surface area contributed by atoms with Crippen LogP contribution >= 0.6 is 0 Å². The van der Waals surface area contributed by atoms with Gasteiger partial charge in [-0.05, 0) is 35.4 Å². The molecule has 0 radical (unpaired) electrons. The van der Waals surface area contributed by atoms with Crippen molar-refractivity contribution in [1.29, 1.82) is 0 Å². The van der Waals surface area contributed by atoms with Crippen molar-refractivity contribution >= 4 is 12.0 Å². The predicted octanol–water partition coefficient (Wildman–Crippen LogP) is 2.72. The molecular weight excluding hydrogens is 188 g/mol. The summed E-state index contributed by atoms with van der Waals surface area (Å²) in [6.07, 6.45) is 1.58. The molecule has 1 aromatic rings. The van der Waals surface area contributed by atoms with Gasteiger partial charge in [0.25, 0.3) is 0 Å². The molecule has 0 aliphatic heterocycles. The molecule has 0 heterocycles. The third-order valence-electron chi connectivity index (χ3n) is 1.76. The van der Waals surface area contributed by atoms with E-state index in [0.717, 1.165) is 11.3 Å². The first-order chi connectivity index (χ1) is 7.22. The summed E-state index contributed by atoms with van der Waals surface area (Å²) in [7, 11) is 0. The molecule has 0 saturated heterocycles. The Balaban J connectivity index is 2.64. The van der Waals surface area contributed by atoms with Gasteiger partial charge in [0, 0.05) is 0 Å². The fourth-order valence-corrected chi connectivity index (χ4v) is 1.04. The van der Waals surface area contributed by atoms with Crippen LogP contribution in [0.1, 0.15) is 19.4 Å². The van der Waals surface area contributed by atoms with Gasteiger partial charge < -0.3 is 4.74 Å². The molecule has 0 spiro atoms. The minimum absolute atomic E-state index is 0.516. The zero-order chi connectivity index (χ0) is 11.1. The lowest BCUT2D eigenvalue weighted by molar-refractivity contribution is 0.271. The highest BCUT2D eigenvalue weighted by molar-refractivity contribution is 5.58. The number of carbonyl (C=O) groups excluding carboxylic acids is 1. The highest BCUT2D eigenvalue weighted by Gasteiger charge is 1.96. The van der Waals surface area contributed by atoms with Crippen molar-refractivity contribution in [3.63, 3.8) is 0 Å². The summed E-state index contributed by atoms with van der Waals surface area (Å²) in [4.78, 5) is 9.93. The van der Waals surface area contributed by atoms with E-state index in [9.17, 15) is 4.79 Å². The minimum atomic E-state index is 0.516. The summed E-state index contributed by atoms with van der Waals surface area (Å²) < 4.78 is 5.52. The van der Waals surface area contributed by atoms with Crippen LogP contribution in [0.5, 0.6) is 5.75 Å². The molecule has 0 unspecified atom stereocenters. The Kier molecular flexibility index (Phi) is 4.43. The fraction of sp³-hybridized carbons (Fsp3) is 0.308. The van der Waals surface area contributed by atoms with Gasteiger partial charge in [0.1, 0.15) is 5.75 Å². The van der Waals surface area contributed by atoms with Gasteiger partial charge in [-0.3, -0.25) is 0 Å². The molecular formula is C13H14O2. The average molecular weight is 202 g/mol. The van der Waals surface area contributed by atoms with Crippen molar-refractivity contribution in [1.82, 2.24) is 0 Å². The molecule has 0 atom stereocenters. The van der Waals surface area contributed by atoms with Gasteiger partial charge in [-0.15, -0.1) is 0 Å². The van der Waals surface area contributed by atoms with Crippen LogP contribution in [-0.2, 0) is 4.79 Å². The molecule has 1 rings (SSSR count). The Morgan fingerprint density at radius 1 is 1.33 bits per heavy atom. The van der Waals surface area contributed by atoms with E-state index in [0.29, 0.717) is 12.5 Å². The zero-order valence-electron chi connectivity index (χ0n) is 8.99. The van der Waals surface area contributed by atoms with Gasteiger partial charge >= 0.3 is 0 Å². The van der Waals surface area contributed by atoms with Crippen molar-refractivity contribution in [2.45, 2.75) is 13.8 Å². The third kappa shape index (κ3) is 4.33. The van der Waals surface area contributed by atoms with Crippen LogP contribution in [-0.4, -0.2) is 12.5 Å². The maximum atomic E-state index is 9.93. The van der Waals surface area contributed by atoms with E-state index in [4.69, 9.17) is 4.74 Å². The number of hydrogen-bond acceptors (Lipinski definition) is 2. The normalized spacial score (nSPS) is 9.27. The molecule has 0 aromatic heterocycles. The molecule has 2 nitrogen and oxygen atoms in total. The number of benzene rings is 1. The van der Waals surface area contributed by atoms with Gasteiger partial charge in [0.05, 0.1) is 6.61 Å². The van der Waals surface area contributed by atoms with E-state index in [2.05, 4.69) is 19.6 Å². The number of hydrogen-bond donors (Lipinski definition) is 0. The van der Waals surface area contributed by atoms with Crippen LogP contribution < -0.4 is 4.74 Å². The lowest BCUT2D eigenvalue weighted by Gasteiger charge is -2.08. The third-order valence-corrected chi connectivity index (χ3v) is 1.76. The molecule has 0 aliphatic carbocycles. The molecule has 0 amide bonds. The van der Waals surface area contributed by atoms with E-state index < -0.39 is 0 Å². The molecule has 0 aliphatic rings. The molecule has 0 N–H and O–H groups in total. The second-order valence-electron chi connectivity index (χ2n) is 3.66. The molecule has 0 bridgehead atoms. The van der Waals surface area contributed by atoms with Crippen molar-refractivity contribution < 1.29 is 9.53 Å². The lowest BCUT2D eigenvalue weighted by atomic mass is 10.2. The zero-order valence-corrected chi connectivity index (χ0v) is 8.99. The maximum Gasteiger partial charge on any atom is 0.177 e. The molecule has 78 valence electrons. The van der Waals surface area contributed by atoms with E-state index in [-0.39, 0.29) is 0 Å². The summed E-state index contributed by atoms with van der Waals surface area (Å²) in [5, 5.41) is 0. The van der Waals surface area contributed by atoms with Gasteiger partial charge in [-0.2, -0.15) is 0 Å². The smallest absolute Gasteiger partial charge is 0.177 e. The Bertz CT molecular complexity index is 378. The van der Waals surface area contributed by atoms with Gasteiger partial charge in [0.2, 0.25) is 0 Å². The van der Waals surface area contributed by atoms with Gasteiger partial charge in [-0.1, -0.05) is 26.0 Å². The molecule has 0 fully saturated rings. The lowest BCUT2D eigenvalue weighted by Crippen LogP contribution is -2.04. The van der Waals surface area contributed by atoms with E-state index >= 15 is 0 Å². The van der Waals surface area contributed by atoms with Crippen LogP contribution in [0.4, 0.5) is 0 Å². The summed E-state index contributed by atoms with van der Waals surface area (Å²) in [6.45, 7) is 4.92. The van der Waals surface area contributed by atoms with Crippen LogP contribution in [0.25, 0.3) is 6.08 Å². The van der Waals surface area contributed by atoms with Crippen LogP contribution in [0.15, 0.2) is 30.0 Å². The Labute approximate surface area is 89.9 Å². The summed E-state index contributed by atoms with van der Waals surface area (Å²) >= 11 is 0. The maximum absolute atomic E-state index is 9.93. The minimum Gasteiger partial charge on any atom is -0.493 e. The molecule has 2 heteroatoms. The SMILES string of the molecule is CC(C)COc1ccc(C=C=C=O)cc1. The highest BCUT2D eigenvalue weighted by Crippen LogP contribution is 2.13. The van der Waals surface area contributed by atoms with Gasteiger partial charge in [0.15, 0.2) is 5.94 Å². The van der Waals surface area contributed by atoms with E-state index in [1.54, 1.807) is 12.0 Å². The second-order valence-corrected chi connectivity index (χ2v) is 3.66. The number of ether oxygens (including phenoxy) is 1. The summed E-state index contributed by atoms with van der Waals surface area (Å²) in [6, 6.07) is 7.50. The standard InChI is InChI=1S/C13H14O2/c1-11(2)10-15-13-7-5-12(6-8-13)4-3-9-14/h4-8,11H,10H2,1-2H3.